The zero-order chi connectivity index (χ0) is 14.0. The molecule has 1 heterocycles. The number of halogens is 3. The molecule has 0 spiro atoms. The highest BCUT2D eigenvalue weighted by molar-refractivity contribution is 6.44. The summed E-state index contributed by atoms with van der Waals surface area (Å²) in [5.74, 6) is -0.238. The minimum Gasteiger partial charge on any atom is -0.382 e. The van der Waals surface area contributed by atoms with Crippen molar-refractivity contribution in [3.63, 3.8) is 0 Å². The van der Waals surface area contributed by atoms with Crippen molar-refractivity contribution in [2.24, 2.45) is 0 Å². The molecule has 0 unspecified atom stereocenters. The van der Waals surface area contributed by atoms with Crippen LogP contribution < -0.4 is 11.1 Å². The van der Waals surface area contributed by atoms with Crippen molar-refractivity contribution in [1.82, 2.24) is 4.98 Å². The van der Waals surface area contributed by atoms with Gasteiger partial charge in [-0.3, -0.25) is 4.79 Å². The molecule has 2 aromatic rings. The van der Waals surface area contributed by atoms with E-state index in [-0.39, 0.29) is 21.4 Å². The number of benzene rings is 1. The lowest BCUT2D eigenvalue weighted by atomic mass is 10.2. The Balaban J connectivity index is 2.26. The second kappa shape index (κ2) is 5.65. The second-order valence-electron chi connectivity index (χ2n) is 3.65. The van der Waals surface area contributed by atoms with Crippen LogP contribution in [0.1, 0.15) is 10.4 Å². The Morgan fingerprint density at radius 2 is 1.95 bits per heavy atom. The number of nitrogens with two attached hydrogens (primary N) is 1. The molecule has 0 aliphatic rings. The zero-order valence-corrected chi connectivity index (χ0v) is 11.7. The predicted octanol–water partition coefficient (Wildman–Crippen LogP) is 3.88. The van der Waals surface area contributed by atoms with Gasteiger partial charge in [0.2, 0.25) is 0 Å². The quantitative estimate of drug-likeness (QED) is 0.883. The Kier molecular flexibility index (Phi) is 4.14. The molecular weight excluding hydrogens is 309 g/mol. The average molecular weight is 317 g/mol. The second-order valence-corrected chi connectivity index (χ2v) is 4.84. The van der Waals surface area contributed by atoms with Crippen LogP contribution in [0.5, 0.6) is 0 Å². The van der Waals surface area contributed by atoms with E-state index in [0.717, 1.165) is 0 Å². The maximum atomic E-state index is 12.0. The predicted molar refractivity (Wildman–Crippen MR) is 78.1 cm³/mol. The van der Waals surface area contributed by atoms with Gasteiger partial charge >= 0.3 is 0 Å². The number of nitrogens with one attached hydrogen (secondary N) is 1. The Morgan fingerprint density at radius 3 is 2.63 bits per heavy atom. The van der Waals surface area contributed by atoms with Crippen LogP contribution in [0.3, 0.4) is 0 Å². The molecule has 1 aromatic carbocycles. The third-order valence-corrected chi connectivity index (χ3v) is 3.45. The molecule has 4 nitrogen and oxygen atoms in total. The number of hydrogen-bond donors (Lipinski definition) is 2. The van der Waals surface area contributed by atoms with Crippen LogP contribution in [-0.2, 0) is 0 Å². The monoisotopic (exact) mass is 315 g/mol. The van der Waals surface area contributed by atoms with Gasteiger partial charge in [-0.15, -0.1) is 0 Å². The van der Waals surface area contributed by atoms with Gasteiger partial charge in [-0.25, -0.2) is 4.98 Å². The molecule has 1 aromatic heterocycles. The van der Waals surface area contributed by atoms with Crippen LogP contribution in [0.15, 0.2) is 30.5 Å². The maximum absolute atomic E-state index is 12.0. The number of pyridine rings is 1. The minimum absolute atomic E-state index is 0.166. The normalized spacial score (nSPS) is 10.3. The van der Waals surface area contributed by atoms with Gasteiger partial charge in [0.15, 0.2) is 0 Å². The molecule has 0 aliphatic carbocycles. The summed E-state index contributed by atoms with van der Waals surface area (Å²) in [6.07, 6.45) is 1.33. The van der Waals surface area contributed by atoms with E-state index in [1.807, 2.05) is 0 Å². The van der Waals surface area contributed by atoms with E-state index in [9.17, 15) is 4.79 Å². The lowest BCUT2D eigenvalue weighted by molar-refractivity contribution is 0.102. The van der Waals surface area contributed by atoms with Crippen LogP contribution in [-0.4, -0.2) is 10.9 Å². The van der Waals surface area contributed by atoms with Gasteiger partial charge in [0, 0.05) is 6.20 Å². The SMILES string of the molecule is Nc1ncc(C(=O)Nc2cccc(Cl)c2Cl)cc1Cl. The van der Waals surface area contributed by atoms with Gasteiger partial charge in [-0.1, -0.05) is 40.9 Å². The number of nitrogens with zero attached hydrogens (tertiary/aromatic N) is 1. The van der Waals surface area contributed by atoms with Crippen LogP contribution in [0.2, 0.25) is 15.1 Å². The molecular formula is C12H8Cl3N3O. The highest BCUT2D eigenvalue weighted by Gasteiger charge is 2.12. The lowest BCUT2D eigenvalue weighted by Gasteiger charge is -2.08. The fourth-order valence-corrected chi connectivity index (χ4v) is 1.88. The van der Waals surface area contributed by atoms with E-state index in [4.69, 9.17) is 40.5 Å². The van der Waals surface area contributed by atoms with Crippen molar-refractivity contribution in [2.45, 2.75) is 0 Å². The van der Waals surface area contributed by atoms with E-state index < -0.39 is 5.91 Å². The third kappa shape index (κ3) is 3.10. The molecule has 0 saturated carbocycles. The fourth-order valence-electron chi connectivity index (χ4n) is 1.37. The topological polar surface area (TPSA) is 68.0 Å². The molecule has 0 atom stereocenters. The van der Waals surface area contributed by atoms with Crippen molar-refractivity contribution < 1.29 is 4.79 Å². The van der Waals surface area contributed by atoms with E-state index in [1.165, 1.54) is 12.3 Å². The largest absolute Gasteiger partial charge is 0.382 e. The smallest absolute Gasteiger partial charge is 0.257 e. The third-order valence-electron chi connectivity index (χ3n) is 2.33. The molecule has 0 radical (unpaired) electrons. The van der Waals surface area contributed by atoms with Crippen LogP contribution in [0.25, 0.3) is 0 Å². The van der Waals surface area contributed by atoms with Crippen molar-refractivity contribution >= 4 is 52.2 Å². The molecule has 0 bridgehead atoms. The van der Waals surface area contributed by atoms with Gasteiger partial charge in [0.05, 0.1) is 26.3 Å². The summed E-state index contributed by atoms with van der Waals surface area (Å²) in [6, 6.07) is 6.37. The summed E-state index contributed by atoms with van der Waals surface area (Å²) in [6.45, 7) is 0. The van der Waals surface area contributed by atoms with E-state index in [0.29, 0.717) is 10.7 Å². The Hall–Kier alpha value is -1.49. The summed E-state index contributed by atoms with van der Waals surface area (Å²) in [5, 5.41) is 3.46. The molecule has 19 heavy (non-hydrogen) atoms. The first-order valence-electron chi connectivity index (χ1n) is 5.15. The number of rotatable bonds is 2. The summed E-state index contributed by atoms with van der Waals surface area (Å²) in [5.41, 5.74) is 6.15. The molecule has 7 heteroatoms. The van der Waals surface area contributed by atoms with E-state index in [1.54, 1.807) is 18.2 Å². The van der Waals surface area contributed by atoms with Gasteiger partial charge in [-0.2, -0.15) is 0 Å². The number of hydrogen-bond acceptors (Lipinski definition) is 3. The number of nitrogen functional groups attached to an aromatic ring is 1. The number of amides is 1. The first-order valence-corrected chi connectivity index (χ1v) is 6.29. The van der Waals surface area contributed by atoms with Crippen LogP contribution in [0.4, 0.5) is 11.5 Å². The standard InChI is InChI=1S/C12H8Cl3N3O/c13-7-2-1-3-9(10(7)15)18-12(19)6-4-8(14)11(16)17-5-6/h1-5H,(H2,16,17)(H,18,19). The zero-order valence-electron chi connectivity index (χ0n) is 9.45. The summed E-state index contributed by atoms with van der Waals surface area (Å²) < 4.78 is 0. The van der Waals surface area contributed by atoms with E-state index >= 15 is 0 Å². The van der Waals surface area contributed by atoms with Gasteiger partial charge in [0.25, 0.3) is 5.91 Å². The van der Waals surface area contributed by atoms with Crippen molar-refractivity contribution in [2.75, 3.05) is 11.1 Å². The molecule has 98 valence electrons. The first-order chi connectivity index (χ1) is 8.99. The van der Waals surface area contributed by atoms with Crippen LogP contribution >= 0.6 is 34.8 Å². The number of carbonyl (C=O) groups is 1. The van der Waals surface area contributed by atoms with Crippen molar-refractivity contribution in [3.05, 3.63) is 51.1 Å². The number of anilines is 2. The highest BCUT2D eigenvalue weighted by atomic mass is 35.5. The molecule has 1 amide bonds. The molecule has 0 aliphatic heterocycles. The van der Waals surface area contributed by atoms with Crippen molar-refractivity contribution in [1.29, 1.82) is 0 Å². The Bertz CT molecular complexity index is 646. The molecule has 2 rings (SSSR count). The maximum Gasteiger partial charge on any atom is 0.257 e. The van der Waals surface area contributed by atoms with E-state index in [2.05, 4.69) is 10.3 Å². The average Bonchev–Trinajstić information content (AvgIpc) is 2.38. The van der Waals surface area contributed by atoms with Gasteiger partial charge < -0.3 is 11.1 Å². The summed E-state index contributed by atoms with van der Waals surface area (Å²) >= 11 is 17.6. The lowest BCUT2D eigenvalue weighted by Crippen LogP contribution is -2.13. The first kappa shape index (κ1) is 13.9. The van der Waals surface area contributed by atoms with Gasteiger partial charge in [0.1, 0.15) is 5.82 Å². The highest BCUT2D eigenvalue weighted by Crippen LogP contribution is 2.30. The molecule has 0 saturated heterocycles. The summed E-state index contributed by atoms with van der Waals surface area (Å²) in [4.78, 5) is 15.8. The van der Waals surface area contributed by atoms with Gasteiger partial charge in [-0.05, 0) is 18.2 Å². The Morgan fingerprint density at radius 1 is 1.21 bits per heavy atom. The van der Waals surface area contributed by atoms with Crippen molar-refractivity contribution in [3.8, 4) is 0 Å². The summed E-state index contributed by atoms with van der Waals surface area (Å²) in [7, 11) is 0. The molecule has 0 fully saturated rings. The minimum atomic E-state index is -0.404. The molecule has 3 N–H and O–H groups in total. The Labute approximate surface area is 124 Å². The number of carbonyl (C=O) groups excluding carboxylic acids is 1. The fraction of sp³-hybridized carbons (Fsp3) is 0. The number of aromatic nitrogens is 1. The van der Waals surface area contributed by atoms with Crippen LogP contribution in [0, 0.1) is 0 Å².